The molecule has 32 heavy (non-hydrogen) atoms. The molecule has 0 unspecified atom stereocenters. The summed E-state index contributed by atoms with van der Waals surface area (Å²) in [6.45, 7) is 6.43. The van der Waals surface area contributed by atoms with Gasteiger partial charge in [-0.25, -0.2) is 13.8 Å². The molecule has 1 N–H and O–H groups in total. The van der Waals surface area contributed by atoms with Gasteiger partial charge in [-0.1, -0.05) is 12.1 Å². The van der Waals surface area contributed by atoms with E-state index in [1.807, 2.05) is 18.7 Å². The van der Waals surface area contributed by atoms with Crippen molar-refractivity contribution >= 4 is 23.4 Å². The van der Waals surface area contributed by atoms with Crippen LogP contribution in [0, 0.1) is 11.6 Å². The lowest BCUT2D eigenvalue weighted by Gasteiger charge is -2.35. The first-order valence-electron chi connectivity index (χ1n) is 10.1. The van der Waals surface area contributed by atoms with Gasteiger partial charge in [-0.2, -0.15) is 4.98 Å². The summed E-state index contributed by atoms with van der Waals surface area (Å²) in [6, 6.07) is 7.19. The third-order valence-electron chi connectivity index (χ3n) is 4.96. The number of carbonyl (C=O) groups is 1. The number of aromatic nitrogens is 4. The van der Waals surface area contributed by atoms with E-state index in [0.29, 0.717) is 30.2 Å². The molecule has 0 saturated carbocycles. The second-order valence-corrected chi connectivity index (χ2v) is 7.71. The Morgan fingerprint density at radius 1 is 1.12 bits per heavy atom. The number of halogens is 2. The highest BCUT2D eigenvalue weighted by atomic mass is 19.1. The number of benzene rings is 1. The van der Waals surface area contributed by atoms with Gasteiger partial charge in [0.25, 0.3) is 0 Å². The summed E-state index contributed by atoms with van der Waals surface area (Å²) in [4.78, 5) is 22.4. The van der Waals surface area contributed by atoms with Gasteiger partial charge in [0.2, 0.25) is 5.95 Å². The molecule has 1 saturated heterocycles. The lowest BCUT2D eigenvalue weighted by Crippen LogP contribution is -2.46. The molecule has 3 heterocycles. The maximum absolute atomic E-state index is 14.5. The molecule has 0 bridgehead atoms. The van der Waals surface area contributed by atoms with Gasteiger partial charge in [0.1, 0.15) is 11.5 Å². The lowest BCUT2D eigenvalue weighted by molar-refractivity contribution is -0.00572. The van der Waals surface area contributed by atoms with E-state index in [1.54, 1.807) is 6.07 Å². The van der Waals surface area contributed by atoms with Crippen LogP contribution in [0.4, 0.5) is 26.4 Å². The van der Waals surface area contributed by atoms with Crippen LogP contribution in [0.1, 0.15) is 31.3 Å². The summed E-state index contributed by atoms with van der Waals surface area (Å²) >= 11 is 0. The van der Waals surface area contributed by atoms with E-state index >= 15 is 0 Å². The van der Waals surface area contributed by atoms with Gasteiger partial charge in [0, 0.05) is 25.6 Å². The summed E-state index contributed by atoms with van der Waals surface area (Å²) in [5.74, 6) is -0.888. The Morgan fingerprint density at radius 2 is 1.81 bits per heavy atom. The maximum Gasteiger partial charge on any atom is 0.227 e. The minimum Gasteiger partial charge on any atom is -0.372 e. The summed E-state index contributed by atoms with van der Waals surface area (Å²) in [5, 5.41) is 10.8. The Labute approximate surface area is 183 Å². The maximum atomic E-state index is 14.5. The van der Waals surface area contributed by atoms with Crippen LogP contribution in [0.3, 0.4) is 0 Å². The van der Waals surface area contributed by atoms with E-state index in [2.05, 4.69) is 25.5 Å². The number of ether oxygens (including phenoxy) is 1. The van der Waals surface area contributed by atoms with Crippen molar-refractivity contribution in [1.82, 2.24) is 20.2 Å². The first kappa shape index (κ1) is 21.7. The Balaban J connectivity index is 1.66. The minimum atomic E-state index is -0.663. The molecule has 0 spiro atoms. The van der Waals surface area contributed by atoms with Crippen LogP contribution < -0.4 is 10.2 Å². The number of hydrogen-bond acceptors (Lipinski definition) is 8. The first-order chi connectivity index (χ1) is 15.3. The molecule has 10 heteroatoms. The normalized spacial score (nSPS) is 18.5. The molecule has 1 aromatic carbocycles. The molecule has 0 aliphatic carbocycles. The van der Waals surface area contributed by atoms with Crippen molar-refractivity contribution in [3.8, 4) is 11.1 Å². The average Bonchev–Trinajstić information content (AvgIpc) is 2.75. The van der Waals surface area contributed by atoms with Crippen LogP contribution in [-0.4, -0.2) is 51.2 Å². The Bertz CT molecular complexity index is 1130. The van der Waals surface area contributed by atoms with Crippen molar-refractivity contribution in [2.75, 3.05) is 23.3 Å². The van der Waals surface area contributed by atoms with Crippen molar-refractivity contribution in [2.24, 2.45) is 0 Å². The van der Waals surface area contributed by atoms with Gasteiger partial charge in [-0.05, 0) is 37.6 Å². The van der Waals surface area contributed by atoms with Crippen LogP contribution in [0.5, 0.6) is 0 Å². The zero-order valence-electron chi connectivity index (χ0n) is 17.8. The molecule has 1 aliphatic heterocycles. The molecule has 1 fully saturated rings. The van der Waals surface area contributed by atoms with E-state index in [9.17, 15) is 13.6 Å². The van der Waals surface area contributed by atoms with Crippen LogP contribution in [0.15, 0.2) is 36.5 Å². The topological polar surface area (TPSA) is 93.1 Å². The van der Waals surface area contributed by atoms with Crippen LogP contribution >= 0.6 is 0 Å². The fraction of sp³-hybridized carbons (Fsp3) is 0.318. The summed E-state index contributed by atoms with van der Waals surface area (Å²) in [6.07, 6.45) is 1.08. The van der Waals surface area contributed by atoms with Gasteiger partial charge in [0.15, 0.2) is 23.2 Å². The molecule has 8 nitrogen and oxygen atoms in total. The monoisotopic (exact) mass is 440 g/mol. The highest BCUT2D eigenvalue weighted by molar-refractivity contribution is 5.99. The highest BCUT2D eigenvalue weighted by Gasteiger charge is 2.25. The largest absolute Gasteiger partial charge is 0.372 e. The molecule has 1 aliphatic rings. The van der Waals surface area contributed by atoms with E-state index in [-0.39, 0.29) is 35.3 Å². The SMILES string of the molecule is CC(=O)c1nnc(Nc2nc(N3C[C@@H](C)O[C@@H](C)C3)ncc2F)cc1-c1ccc(F)cc1. The molecule has 4 rings (SSSR count). The molecule has 166 valence electrons. The quantitative estimate of drug-likeness (QED) is 0.600. The molecular weight excluding hydrogens is 418 g/mol. The Kier molecular flexibility index (Phi) is 6.04. The zero-order chi connectivity index (χ0) is 22.8. The van der Waals surface area contributed by atoms with Crippen molar-refractivity contribution in [1.29, 1.82) is 0 Å². The lowest BCUT2D eigenvalue weighted by atomic mass is 10.0. The zero-order valence-corrected chi connectivity index (χ0v) is 17.8. The van der Waals surface area contributed by atoms with E-state index < -0.39 is 11.6 Å². The number of ketones is 1. The van der Waals surface area contributed by atoms with Gasteiger partial charge >= 0.3 is 0 Å². The van der Waals surface area contributed by atoms with E-state index in [4.69, 9.17) is 4.74 Å². The van der Waals surface area contributed by atoms with Crippen molar-refractivity contribution in [2.45, 2.75) is 33.0 Å². The number of anilines is 3. The molecule has 0 amide bonds. The number of morpholine rings is 1. The van der Waals surface area contributed by atoms with Crippen molar-refractivity contribution < 1.29 is 18.3 Å². The standard InChI is InChI=1S/C22H22F2N6O2/c1-12-10-30(11-13(2)32-12)22-25-9-18(24)21(27-22)26-19-8-17(20(14(3)31)29-28-19)15-4-6-16(23)7-5-15/h4-9,12-13H,10-11H2,1-3H3,(H,25,26,27,28)/t12-,13+. The summed E-state index contributed by atoms with van der Waals surface area (Å²) in [5.41, 5.74) is 1.15. The number of hydrogen-bond donors (Lipinski definition) is 1. The van der Waals surface area contributed by atoms with Gasteiger partial charge < -0.3 is 15.0 Å². The second-order valence-electron chi connectivity index (χ2n) is 7.71. The molecule has 0 radical (unpaired) electrons. The van der Waals surface area contributed by atoms with Gasteiger partial charge in [-0.15, -0.1) is 10.2 Å². The third-order valence-corrected chi connectivity index (χ3v) is 4.96. The molecule has 3 aromatic rings. The fourth-order valence-corrected chi connectivity index (χ4v) is 3.62. The summed E-state index contributed by atoms with van der Waals surface area (Å²) in [7, 11) is 0. The van der Waals surface area contributed by atoms with E-state index in [0.717, 1.165) is 6.20 Å². The number of carbonyl (C=O) groups excluding carboxylic acids is 1. The molecular formula is C22H22F2N6O2. The minimum absolute atomic E-state index is 0.00734. The molecule has 2 aromatic heterocycles. The van der Waals surface area contributed by atoms with Crippen LogP contribution in [0.2, 0.25) is 0 Å². The van der Waals surface area contributed by atoms with Crippen molar-refractivity contribution in [3.63, 3.8) is 0 Å². The van der Waals surface area contributed by atoms with Gasteiger partial charge in [-0.3, -0.25) is 4.79 Å². The first-order valence-corrected chi connectivity index (χ1v) is 10.1. The fourth-order valence-electron chi connectivity index (χ4n) is 3.62. The third kappa shape index (κ3) is 4.70. The average molecular weight is 440 g/mol. The number of Topliss-reactive ketones (excluding diaryl/α,β-unsaturated/α-hetero) is 1. The summed E-state index contributed by atoms with van der Waals surface area (Å²) < 4.78 is 33.5. The van der Waals surface area contributed by atoms with E-state index in [1.165, 1.54) is 31.2 Å². The highest BCUT2D eigenvalue weighted by Crippen LogP contribution is 2.27. The number of nitrogens with one attached hydrogen (secondary N) is 1. The van der Waals surface area contributed by atoms with Gasteiger partial charge in [0.05, 0.1) is 18.4 Å². The Hall–Kier alpha value is -3.53. The predicted molar refractivity (Wildman–Crippen MR) is 115 cm³/mol. The number of nitrogens with zero attached hydrogens (tertiary/aromatic N) is 5. The molecule has 2 atom stereocenters. The predicted octanol–water partition coefficient (Wildman–Crippen LogP) is 3.77. The number of rotatable bonds is 5. The van der Waals surface area contributed by atoms with Crippen LogP contribution in [-0.2, 0) is 4.74 Å². The van der Waals surface area contributed by atoms with Crippen molar-refractivity contribution in [3.05, 3.63) is 53.9 Å². The second kappa shape index (κ2) is 8.91. The smallest absolute Gasteiger partial charge is 0.227 e. The Morgan fingerprint density at radius 3 is 2.47 bits per heavy atom. The van der Waals surface area contributed by atoms with Crippen LogP contribution in [0.25, 0.3) is 11.1 Å².